The number of piperidine rings is 1. The Labute approximate surface area is 188 Å². The lowest BCUT2D eigenvalue weighted by Gasteiger charge is -2.46. The van der Waals surface area contributed by atoms with Crippen LogP contribution in [0.5, 0.6) is 0 Å². The van der Waals surface area contributed by atoms with Crippen LogP contribution in [-0.2, 0) is 11.0 Å². The summed E-state index contributed by atoms with van der Waals surface area (Å²) in [6, 6.07) is 13.4. The Morgan fingerprint density at radius 1 is 1.09 bits per heavy atom. The number of carboxylic acids is 1. The van der Waals surface area contributed by atoms with Crippen molar-refractivity contribution in [2.45, 2.75) is 65.1 Å². The summed E-state index contributed by atoms with van der Waals surface area (Å²) in [4.78, 5) is 14.3. The third-order valence-electron chi connectivity index (χ3n) is 7.24. The van der Waals surface area contributed by atoms with Crippen LogP contribution < -0.4 is 4.90 Å². The molecule has 1 fully saturated rings. The van der Waals surface area contributed by atoms with Gasteiger partial charge in [0.2, 0.25) is 0 Å². The summed E-state index contributed by atoms with van der Waals surface area (Å²) in [5, 5.41) is 9.89. The maximum atomic E-state index is 13.1. The first-order valence-electron chi connectivity index (χ1n) is 11.2. The van der Waals surface area contributed by atoms with E-state index in [0.717, 1.165) is 29.8 Å². The molecule has 2 aromatic rings. The highest BCUT2D eigenvalue weighted by Gasteiger charge is 2.44. The van der Waals surface area contributed by atoms with Gasteiger partial charge in [-0.2, -0.15) is 13.2 Å². The largest absolute Gasteiger partial charge is 0.481 e. The van der Waals surface area contributed by atoms with Crippen molar-refractivity contribution in [2.75, 3.05) is 11.4 Å². The van der Waals surface area contributed by atoms with Crippen molar-refractivity contribution in [3.63, 3.8) is 0 Å². The Bertz CT molecular complexity index is 922. The Balaban J connectivity index is 1.98. The van der Waals surface area contributed by atoms with Gasteiger partial charge < -0.3 is 10.0 Å². The van der Waals surface area contributed by atoms with Crippen LogP contribution in [0.25, 0.3) is 0 Å². The molecule has 1 aliphatic rings. The highest BCUT2D eigenvalue weighted by molar-refractivity contribution is 5.74. The Hall–Kier alpha value is -2.50. The zero-order valence-electron chi connectivity index (χ0n) is 19.1. The summed E-state index contributed by atoms with van der Waals surface area (Å²) < 4.78 is 39.3. The number of halogens is 3. The smallest absolute Gasteiger partial charge is 0.416 e. The van der Waals surface area contributed by atoms with Gasteiger partial charge in [-0.05, 0) is 73.4 Å². The van der Waals surface area contributed by atoms with Crippen molar-refractivity contribution < 1.29 is 23.1 Å². The quantitative estimate of drug-likeness (QED) is 0.506. The number of rotatable bonds is 6. The molecule has 0 spiro atoms. The molecule has 32 heavy (non-hydrogen) atoms. The van der Waals surface area contributed by atoms with Crippen molar-refractivity contribution in [3.05, 3.63) is 65.2 Å². The van der Waals surface area contributed by atoms with Gasteiger partial charge in [-0.1, -0.05) is 45.0 Å². The highest BCUT2D eigenvalue weighted by Crippen LogP contribution is 2.46. The van der Waals surface area contributed by atoms with Gasteiger partial charge in [-0.3, -0.25) is 4.79 Å². The number of carbonyl (C=O) groups is 1. The van der Waals surface area contributed by atoms with Crippen molar-refractivity contribution in [2.24, 2.45) is 11.3 Å². The van der Waals surface area contributed by atoms with E-state index in [2.05, 4.69) is 43.0 Å². The summed E-state index contributed by atoms with van der Waals surface area (Å²) in [5.41, 5.74) is 1.47. The summed E-state index contributed by atoms with van der Waals surface area (Å²) in [6.07, 6.45) is -2.58. The SMILES string of the molecule is CCC(C)(C(=O)O)[C@H]1CCN(c2ccc(C(C)C)cc2)[C@@H](c2ccc(C(F)(F)F)cc2)C1. The lowest BCUT2D eigenvalue weighted by Crippen LogP contribution is -2.45. The number of benzene rings is 2. The number of alkyl halides is 3. The summed E-state index contributed by atoms with van der Waals surface area (Å²) >= 11 is 0. The van der Waals surface area contributed by atoms with Gasteiger partial charge in [0.1, 0.15) is 0 Å². The second-order valence-electron chi connectivity index (χ2n) is 9.37. The number of hydrogen-bond donors (Lipinski definition) is 1. The third kappa shape index (κ3) is 4.79. The van der Waals surface area contributed by atoms with Gasteiger partial charge in [0, 0.05) is 12.2 Å². The molecule has 0 bridgehead atoms. The van der Waals surface area contributed by atoms with E-state index in [4.69, 9.17) is 0 Å². The molecule has 0 amide bonds. The van der Waals surface area contributed by atoms with Crippen LogP contribution in [0.4, 0.5) is 18.9 Å². The van der Waals surface area contributed by atoms with E-state index in [1.807, 2.05) is 6.92 Å². The molecule has 1 saturated heterocycles. The molecular weight excluding hydrogens is 415 g/mol. The molecule has 1 aliphatic heterocycles. The first-order chi connectivity index (χ1) is 15.0. The number of carboxylic acid groups (broad SMARTS) is 1. The fourth-order valence-corrected chi connectivity index (χ4v) is 4.73. The molecule has 1 heterocycles. The van der Waals surface area contributed by atoms with Crippen LogP contribution >= 0.6 is 0 Å². The summed E-state index contributed by atoms with van der Waals surface area (Å²) in [5.74, 6) is -0.476. The van der Waals surface area contributed by atoms with E-state index in [9.17, 15) is 23.1 Å². The molecule has 3 atom stereocenters. The van der Waals surface area contributed by atoms with Gasteiger partial charge in [0.25, 0.3) is 0 Å². The van der Waals surface area contributed by atoms with E-state index < -0.39 is 23.1 Å². The lowest BCUT2D eigenvalue weighted by atomic mass is 9.68. The number of anilines is 1. The minimum Gasteiger partial charge on any atom is -0.481 e. The van der Waals surface area contributed by atoms with Crippen molar-refractivity contribution in [1.29, 1.82) is 0 Å². The molecule has 0 aromatic heterocycles. The van der Waals surface area contributed by atoms with Crippen LogP contribution in [0, 0.1) is 11.3 Å². The predicted molar refractivity (Wildman–Crippen MR) is 121 cm³/mol. The van der Waals surface area contributed by atoms with Gasteiger partial charge in [0.05, 0.1) is 17.0 Å². The van der Waals surface area contributed by atoms with Crippen molar-refractivity contribution in [1.82, 2.24) is 0 Å². The Morgan fingerprint density at radius 3 is 2.16 bits per heavy atom. The molecule has 0 aliphatic carbocycles. The van der Waals surface area contributed by atoms with E-state index in [0.29, 0.717) is 25.3 Å². The molecule has 1 N–H and O–H groups in total. The molecule has 6 heteroatoms. The standard InChI is InChI=1S/C26H32F3NO2/c1-5-25(4,24(31)32)21-14-15-30(22-12-8-18(9-13-22)17(2)3)23(16-21)19-6-10-20(11-7-19)26(27,28)29/h6-13,17,21,23H,5,14-16H2,1-4H3,(H,31,32)/t21-,23+,25?/m0/s1. The lowest BCUT2D eigenvalue weighted by molar-refractivity contribution is -0.152. The number of aliphatic carboxylic acids is 1. The molecular formula is C26H32F3NO2. The average Bonchev–Trinajstić information content (AvgIpc) is 2.77. The normalized spacial score (nSPS) is 21.4. The van der Waals surface area contributed by atoms with E-state index in [1.165, 1.54) is 17.7 Å². The fourth-order valence-electron chi connectivity index (χ4n) is 4.73. The zero-order chi connectivity index (χ0) is 23.7. The van der Waals surface area contributed by atoms with E-state index in [-0.39, 0.29) is 12.0 Å². The first kappa shape index (κ1) is 24.1. The predicted octanol–water partition coefficient (Wildman–Crippen LogP) is 7.29. The van der Waals surface area contributed by atoms with Crippen LogP contribution in [-0.4, -0.2) is 17.6 Å². The van der Waals surface area contributed by atoms with Crippen LogP contribution in [0.2, 0.25) is 0 Å². The molecule has 3 rings (SSSR count). The van der Waals surface area contributed by atoms with Gasteiger partial charge in [-0.15, -0.1) is 0 Å². The summed E-state index contributed by atoms with van der Waals surface area (Å²) in [6.45, 7) is 8.58. The van der Waals surface area contributed by atoms with E-state index in [1.54, 1.807) is 6.92 Å². The molecule has 2 aromatic carbocycles. The van der Waals surface area contributed by atoms with Gasteiger partial charge >= 0.3 is 12.1 Å². The number of hydrogen-bond acceptors (Lipinski definition) is 2. The third-order valence-corrected chi connectivity index (χ3v) is 7.24. The highest BCUT2D eigenvalue weighted by atomic mass is 19.4. The molecule has 3 nitrogen and oxygen atoms in total. The van der Waals surface area contributed by atoms with Crippen molar-refractivity contribution in [3.8, 4) is 0 Å². The van der Waals surface area contributed by atoms with E-state index >= 15 is 0 Å². The number of nitrogens with zero attached hydrogens (tertiary/aromatic N) is 1. The molecule has 174 valence electrons. The minimum absolute atomic E-state index is 0.0662. The fraction of sp³-hybridized carbons (Fsp3) is 0.500. The van der Waals surface area contributed by atoms with Gasteiger partial charge in [0.15, 0.2) is 0 Å². The Morgan fingerprint density at radius 2 is 1.69 bits per heavy atom. The first-order valence-corrected chi connectivity index (χ1v) is 11.2. The van der Waals surface area contributed by atoms with Crippen LogP contribution in [0.1, 0.15) is 75.6 Å². The maximum absolute atomic E-state index is 13.1. The zero-order valence-corrected chi connectivity index (χ0v) is 19.1. The van der Waals surface area contributed by atoms with Crippen LogP contribution in [0.3, 0.4) is 0 Å². The van der Waals surface area contributed by atoms with Crippen molar-refractivity contribution >= 4 is 11.7 Å². The molecule has 0 radical (unpaired) electrons. The average molecular weight is 448 g/mol. The van der Waals surface area contributed by atoms with Gasteiger partial charge in [-0.25, -0.2) is 0 Å². The molecule has 1 unspecified atom stereocenters. The Kier molecular flexibility index (Phi) is 6.91. The maximum Gasteiger partial charge on any atom is 0.416 e. The van der Waals surface area contributed by atoms with Crippen LogP contribution in [0.15, 0.2) is 48.5 Å². The topological polar surface area (TPSA) is 40.5 Å². The second-order valence-corrected chi connectivity index (χ2v) is 9.37. The monoisotopic (exact) mass is 447 g/mol. The molecule has 0 saturated carbocycles. The second kappa shape index (κ2) is 9.16. The summed E-state index contributed by atoms with van der Waals surface area (Å²) in [7, 11) is 0. The minimum atomic E-state index is -4.38.